The molecule has 1 heterocycles. The Morgan fingerprint density at radius 3 is 2.60 bits per heavy atom. The van der Waals surface area contributed by atoms with E-state index in [0.717, 1.165) is 54.1 Å². The molecule has 0 fully saturated rings. The number of nitrogens with one attached hydrogen (secondary N) is 1. The maximum absolute atomic E-state index is 5.53. The maximum atomic E-state index is 5.53. The zero-order chi connectivity index (χ0) is 18.2. The number of benzene rings is 1. The third-order valence-electron chi connectivity index (χ3n) is 4.64. The molecule has 0 radical (unpaired) electrons. The Morgan fingerprint density at radius 2 is 1.96 bits per heavy atom. The number of hydrogen-bond acceptors (Lipinski definition) is 5. The molecule has 0 aliphatic rings. The van der Waals surface area contributed by atoms with Crippen molar-refractivity contribution in [2.75, 3.05) is 39.2 Å². The fourth-order valence-electron chi connectivity index (χ4n) is 3.17. The van der Waals surface area contributed by atoms with Gasteiger partial charge in [0, 0.05) is 23.7 Å². The van der Waals surface area contributed by atoms with Gasteiger partial charge in [0.05, 0.1) is 25.4 Å². The predicted molar refractivity (Wildman–Crippen MR) is 105 cm³/mol. The number of rotatable bonds is 10. The van der Waals surface area contributed by atoms with Crippen molar-refractivity contribution in [3.8, 4) is 11.5 Å². The van der Waals surface area contributed by atoms with Crippen LogP contribution >= 0.6 is 0 Å². The Labute approximate surface area is 151 Å². The number of anilines is 1. The summed E-state index contributed by atoms with van der Waals surface area (Å²) < 4.78 is 11.0. The lowest BCUT2D eigenvalue weighted by molar-refractivity contribution is 0.295. The van der Waals surface area contributed by atoms with Crippen LogP contribution in [0.1, 0.15) is 33.6 Å². The van der Waals surface area contributed by atoms with Gasteiger partial charge in [0.25, 0.3) is 0 Å². The Hall–Kier alpha value is -2.01. The molecule has 1 N–H and O–H groups in total. The van der Waals surface area contributed by atoms with Crippen molar-refractivity contribution < 1.29 is 9.47 Å². The lowest BCUT2D eigenvalue weighted by Crippen LogP contribution is -2.25. The SMILES string of the molecule is CCN(CC)CCCC(C)Nc1cc(OC)c(OC)c2cccnc12. The van der Waals surface area contributed by atoms with Crippen LogP contribution in [0, 0.1) is 0 Å². The van der Waals surface area contributed by atoms with Gasteiger partial charge in [0.1, 0.15) is 0 Å². The Balaban J connectivity index is 2.15. The average molecular weight is 345 g/mol. The lowest BCUT2D eigenvalue weighted by Gasteiger charge is -2.21. The topological polar surface area (TPSA) is 46.6 Å². The normalized spacial score (nSPS) is 12.4. The monoisotopic (exact) mass is 345 g/mol. The molecule has 1 aromatic carbocycles. The van der Waals surface area contributed by atoms with Gasteiger partial charge in [0.2, 0.25) is 0 Å². The first-order valence-electron chi connectivity index (χ1n) is 9.13. The maximum Gasteiger partial charge on any atom is 0.170 e. The smallest absolute Gasteiger partial charge is 0.170 e. The number of fused-ring (bicyclic) bond motifs is 1. The zero-order valence-electron chi connectivity index (χ0n) is 16.1. The predicted octanol–water partition coefficient (Wildman–Crippen LogP) is 4.17. The summed E-state index contributed by atoms with van der Waals surface area (Å²) in [7, 11) is 3.32. The van der Waals surface area contributed by atoms with Crippen LogP contribution in [-0.2, 0) is 0 Å². The van der Waals surface area contributed by atoms with Crippen molar-refractivity contribution in [3.05, 3.63) is 24.4 Å². The molecule has 5 heteroatoms. The van der Waals surface area contributed by atoms with E-state index in [9.17, 15) is 0 Å². The summed E-state index contributed by atoms with van der Waals surface area (Å²) in [5.74, 6) is 1.45. The molecule has 0 spiro atoms. The van der Waals surface area contributed by atoms with Crippen molar-refractivity contribution >= 4 is 16.6 Å². The number of ether oxygens (including phenoxy) is 2. The fourth-order valence-corrected chi connectivity index (χ4v) is 3.17. The molecule has 1 aromatic heterocycles. The third kappa shape index (κ3) is 4.75. The Bertz CT molecular complexity index is 671. The summed E-state index contributed by atoms with van der Waals surface area (Å²) in [4.78, 5) is 7.01. The number of aromatic nitrogens is 1. The summed E-state index contributed by atoms with van der Waals surface area (Å²) >= 11 is 0. The molecule has 25 heavy (non-hydrogen) atoms. The summed E-state index contributed by atoms with van der Waals surface area (Å²) in [5, 5.41) is 4.56. The number of pyridine rings is 1. The average Bonchev–Trinajstić information content (AvgIpc) is 2.65. The van der Waals surface area contributed by atoms with Crippen LogP contribution in [-0.4, -0.2) is 49.8 Å². The molecule has 0 saturated heterocycles. The van der Waals surface area contributed by atoms with E-state index >= 15 is 0 Å². The van der Waals surface area contributed by atoms with Crippen molar-refractivity contribution in [2.24, 2.45) is 0 Å². The van der Waals surface area contributed by atoms with E-state index in [-0.39, 0.29) is 0 Å². The quantitative estimate of drug-likeness (QED) is 0.700. The number of methoxy groups -OCH3 is 2. The minimum atomic E-state index is 0.360. The van der Waals surface area contributed by atoms with Gasteiger partial charge in [-0.2, -0.15) is 0 Å². The number of hydrogen-bond donors (Lipinski definition) is 1. The Morgan fingerprint density at radius 1 is 1.20 bits per heavy atom. The van der Waals surface area contributed by atoms with Crippen molar-refractivity contribution in [3.63, 3.8) is 0 Å². The van der Waals surface area contributed by atoms with Crippen LogP contribution in [0.3, 0.4) is 0 Å². The first-order chi connectivity index (χ1) is 12.1. The molecule has 1 atom stereocenters. The molecule has 0 saturated carbocycles. The summed E-state index contributed by atoms with van der Waals surface area (Å²) in [6.07, 6.45) is 4.10. The molecule has 0 bridgehead atoms. The summed E-state index contributed by atoms with van der Waals surface area (Å²) in [6, 6.07) is 6.27. The highest BCUT2D eigenvalue weighted by molar-refractivity contribution is 5.97. The van der Waals surface area contributed by atoms with Crippen molar-refractivity contribution in [2.45, 2.75) is 39.7 Å². The van der Waals surface area contributed by atoms with E-state index in [4.69, 9.17) is 9.47 Å². The van der Waals surface area contributed by atoms with Gasteiger partial charge in [-0.05, 0) is 51.5 Å². The van der Waals surface area contributed by atoms with Gasteiger partial charge in [-0.1, -0.05) is 13.8 Å². The third-order valence-corrected chi connectivity index (χ3v) is 4.64. The van der Waals surface area contributed by atoms with Crippen LogP contribution in [0.15, 0.2) is 24.4 Å². The highest BCUT2D eigenvalue weighted by atomic mass is 16.5. The van der Waals surface area contributed by atoms with Crippen LogP contribution in [0.4, 0.5) is 5.69 Å². The second-order valence-corrected chi connectivity index (χ2v) is 6.27. The molecule has 0 aliphatic carbocycles. The van der Waals surface area contributed by atoms with E-state index < -0.39 is 0 Å². The van der Waals surface area contributed by atoms with Crippen LogP contribution in [0.25, 0.3) is 10.9 Å². The molecule has 5 nitrogen and oxygen atoms in total. The highest BCUT2D eigenvalue weighted by Gasteiger charge is 2.15. The van der Waals surface area contributed by atoms with Crippen molar-refractivity contribution in [1.29, 1.82) is 0 Å². The Kier molecular flexibility index (Phi) is 7.31. The second kappa shape index (κ2) is 9.47. The second-order valence-electron chi connectivity index (χ2n) is 6.27. The van der Waals surface area contributed by atoms with E-state index in [1.54, 1.807) is 14.2 Å². The van der Waals surface area contributed by atoms with Gasteiger partial charge in [0.15, 0.2) is 11.5 Å². The molecule has 2 aromatic rings. The standard InChI is InChI=1S/C20H31N3O2/c1-6-23(7-2)13-9-10-15(3)22-17-14-18(24-4)20(25-5)16-11-8-12-21-19(16)17/h8,11-12,14-15,22H,6-7,9-10,13H2,1-5H3. The van der Waals surface area contributed by atoms with Crippen molar-refractivity contribution in [1.82, 2.24) is 9.88 Å². The highest BCUT2D eigenvalue weighted by Crippen LogP contribution is 2.39. The van der Waals surface area contributed by atoms with E-state index in [0.29, 0.717) is 6.04 Å². The van der Waals surface area contributed by atoms with Gasteiger partial charge in [-0.3, -0.25) is 4.98 Å². The fraction of sp³-hybridized carbons (Fsp3) is 0.550. The largest absolute Gasteiger partial charge is 0.493 e. The zero-order valence-corrected chi connectivity index (χ0v) is 16.1. The molecule has 0 aliphatic heterocycles. The lowest BCUT2D eigenvalue weighted by atomic mass is 10.1. The molecule has 2 rings (SSSR count). The first-order valence-corrected chi connectivity index (χ1v) is 9.13. The molecular weight excluding hydrogens is 314 g/mol. The molecule has 0 amide bonds. The van der Waals surface area contributed by atoms with Gasteiger partial charge in [-0.25, -0.2) is 0 Å². The molecule has 138 valence electrons. The minimum Gasteiger partial charge on any atom is -0.493 e. The van der Waals surface area contributed by atoms with Crippen LogP contribution in [0.2, 0.25) is 0 Å². The molecular formula is C20H31N3O2. The van der Waals surface area contributed by atoms with Crippen LogP contribution in [0.5, 0.6) is 11.5 Å². The van der Waals surface area contributed by atoms with Gasteiger partial charge >= 0.3 is 0 Å². The van der Waals surface area contributed by atoms with Crippen LogP contribution < -0.4 is 14.8 Å². The van der Waals surface area contributed by atoms with E-state index in [1.807, 2.05) is 24.4 Å². The minimum absolute atomic E-state index is 0.360. The molecule has 1 unspecified atom stereocenters. The summed E-state index contributed by atoms with van der Waals surface area (Å²) in [6.45, 7) is 10.0. The van der Waals surface area contributed by atoms with E-state index in [2.05, 4.69) is 36.0 Å². The first kappa shape index (κ1) is 19.3. The number of nitrogens with zero attached hydrogens (tertiary/aromatic N) is 2. The van der Waals surface area contributed by atoms with Gasteiger partial charge < -0.3 is 19.7 Å². The van der Waals surface area contributed by atoms with Gasteiger partial charge in [-0.15, -0.1) is 0 Å². The van der Waals surface area contributed by atoms with E-state index in [1.165, 1.54) is 6.42 Å². The summed E-state index contributed by atoms with van der Waals surface area (Å²) in [5.41, 5.74) is 1.90.